The molecular formula is C20H30N2O. The second-order valence-corrected chi connectivity index (χ2v) is 7.27. The van der Waals surface area contributed by atoms with E-state index in [1.165, 1.54) is 49.7 Å². The van der Waals surface area contributed by atoms with Crippen LogP contribution in [0.4, 0.5) is 0 Å². The van der Waals surface area contributed by atoms with Gasteiger partial charge in [0.2, 0.25) is 0 Å². The van der Waals surface area contributed by atoms with Crippen molar-refractivity contribution in [3.63, 3.8) is 0 Å². The van der Waals surface area contributed by atoms with Gasteiger partial charge in [-0.25, -0.2) is 0 Å². The number of hydrogen-bond donors (Lipinski definition) is 0. The van der Waals surface area contributed by atoms with Crippen molar-refractivity contribution in [1.82, 2.24) is 9.80 Å². The monoisotopic (exact) mass is 314 g/mol. The number of amides is 1. The van der Waals surface area contributed by atoms with Crippen LogP contribution in [0.25, 0.3) is 0 Å². The Kier molecular flexibility index (Phi) is 5.37. The van der Waals surface area contributed by atoms with Gasteiger partial charge >= 0.3 is 0 Å². The molecular weight excluding hydrogens is 284 g/mol. The van der Waals surface area contributed by atoms with Crippen molar-refractivity contribution in [3.8, 4) is 0 Å². The summed E-state index contributed by atoms with van der Waals surface area (Å²) in [5.41, 5.74) is 3.30. The fraction of sp³-hybridized carbons (Fsp3) is 0.650. The molecule has 0 unspecified atom stereocenters. The average Bonchev–Trinajstić information content (AvgIpc) is 2.86. The maximum absolute atomic E-state index is 12.7. The molecule has 2 fully saturated rings. The summed E-state index contributed by atoms with van der Waals surface area (Å²) in [6.07, 6.45) is 8.28. The Bertz CT molecular complexity index is 539. The van der Waals surface area contributed by atoms with Crippen molar-refractivity contribution in [2.75, 3.05) is 26.2 Å². The van der Waals surface area contributed by atoms with Gasteiger partial charge in [0.05, 0.1) is 0 Å². The normalized spacial score (nSPS) is 21.2. The number of carbonyl (C=O) groups excluding carboxylic acids is 1. The summed E-state index contributed by atoms with van der Waals surface area (Å²) in [5.74, 6) is 0.202. The van der Waals surface area contributed by atoms with E-state index < -0.39 is 0 Å². The van der Waals surface area contributed by atoms with Crippen molar-refractivity contribution in [1.29, 1.82) is 0 Å². The lowest BCUT2D eigenvalue weighted by Crippen LogP contribution is -2.51. The van der Waals surface area contributed by atoms with Crippen molar-refractivity contribution in [2.45, 2.75) is 58.4 Å². The van der Waals surface area contributed by atoms with Crippen LogP contribution in [0, 0.1) is 13.8 Å². The molecule has 0 bridgehead atoms. The first-order valence-corrected chi connectivity index (χ1v) is 9.26. The first kappa shape index (κ1) is 16.5. The van der Waals surface area contributed by atoms with Crippen LogP contribution in [-0.4, -0.2) is 47.9 Å². The van der Waals surface area contributed by atoms with E-state index in [-0.39, 0.29) is 5.91 Å². The minimum atomic E-state index is 0.202. The Balaban J connectivity index is 1.57. The van der Waals surface area contributed by atoms with Gasteiger partial charge in [0.25, 0.3) is 5.91 Å². The van der Waals surface area contributed by atoms with Crippen LogP contribution >= 0.6 is 0 Å². The highest BCUT2D eigenvalue weighted by atomic mass is 16.2. The van der Waals surface area contributed by atoms with E-state index in [0.29, 0.717) is 0 Å². The Labute approximate surface area is 140 Å². The van der Waals surface area contributed by atoms with Gasteiger partial charge in [0, 0.05) is 37.8 Å². The predicted octanol–water partition coefficient (Wildman–Crippen LogP) is 3.78. The molecule has 1 saturated carbocycles. The molecule has 1 amide bonds. The number of carbonyl (C=O) groups is 1. The molecule has 0 N–H and O–H groups in total. The molecule has 126 valence electrons. The number of nitrogens with zero attached hydrogens (tertiary/aromatic N) is 2. The van der Waals surface area contributed by atoms with E-state index in [9.17, 15) is 4.79 Å². The summed E-state index contributed by atoms with van der Waals surface area (Å²) < 4.78 is 0. The summed E-state index contributed by atoms with van der Waals surface area (Å²) >= 11 is 0. The van der Waals surface area contributed by atoms with Gasteiger partial charge in [0.15, 0.2) is 0 Å². The minimum Gasteiger partial charge on any atom is -0.336 e. The number of aryl methyl sites for hydroxylation is 2. The van der Waals surface area contributed by atoms with E-state index in [2.05, 4.69) is 24.8 Å². The van der Waals surface area contributed by atoms with E-state index in [1.54, 1.807) is 0 Å². The van der Waals surface area contributed by atoms with Gasteiger partial charge in [0.1, 0.15) is 0 Å². The molecule has 1 aliphatic heterocycles. The van der Waals surface area contributed by atoms with Crippen LogP contribution in [0.1, 0.15) is 60.0 Å². The molecule has 0 radical (unpaired) electrons. The summed E-state index contributed by atoms with van der Waals surface area (Å²) in [4.78, 5) is 17.4. The van der Waals surface area contributed by atoms with Gasteiger partial charge in [-0.2, -0.15) is 0 Å². The molecule has 1 aliphatic carbocycles. The minimum absolute atomic E-state index is 0.202. The smallest absolute Gasteiger partial charge is 0.253 e. The van der Waals surface area contributed by atoms with Crippen LogP contribution in [0.2, 0.25) is 0 Å². The molecule has 3 heteroatoms. The quantitative estimate of drug-likeness (QED) is 0.776. The number of piperazine rings is 1. The topological polar surface area (TPSA) is 23.6 Å². The lowest BCUT2D eigenvalue weighted by molar-refractivity contribution is 0.0551. The Morgan fingerprint density at radius 1 is 0.913 bits per heavy atom. The van der Waals surface area contributed by atoms with E-state index in [0.717, 1.165) is 37.8 Å². The Morgan fingerprint density at radius 2 is 1.57 bits per heavy atom. The lowest BCUT2D eigenvalue weighted by atomic mass is 10.0. The fourth-order valence-corrected chi connectivity index (χ4v) is 3.97. The third-order valence-corrected chi connectivity index (χ3v) is 5.70. The SMILES string of the molecule is Cc1ccc(C(=O)N2CCN(C3CCCCCC3)CC2)cc1C. The van der Waals surface area contributed by atoms with E-state index in [1.807, 2.05) is 17.0 Å². The first-order valence-electron chi connectivity index (χ1n) is 9.26. The lowest BCUT2D eigenvalue weighted by Gasteiger charge is -2.39. The second kappa shape index (κ2) is 7.48. The molecule has 2 aliphatic rings. The average molecular weight is 314 g/mol. The zero-order valence-electron chi connectivity index (χ0n) is 14.7. The molecule has 3 rings (SSSR count). The maximum atomic E-state index is 12.7. The van der Waals surface area contributed by atoms with E-state index in [4.69, 9.17) is 0 Å². The highest BCUT2D eigenvalue weighted by Crippen LogP contribution is 2.23. The summed E-state index contributed by atoms with van der Waals surface area (Å²) in [6, 6.07) is 6.83. The molecule has 0 aromatic heterocycles. The number of hydrogen-bond acceptors (Lipinski definition) is 2. The second-order valence-electron chi connectivity index (χ2n) is 7.27. The summed E-state index contributed by atoms with van der Waals surface area (Å²) in [7, 11) is 0. The largest absolute Gasteiger partial charge is 0.336 e. The third kappa shape index (κ3) is 3.95. The highest BCUT2D eigenvalue weighted by molar-refractivity contribution is 5.94. The van der Waals surface area contributed by atoms with Crippen LogP contribution in [0.5, 0.6) is 0 Å². The van der Waals surface area contributed by atoms with Crippen LogP contribution < -0.4 is 0 Å². The van der Waals surface area contributed by atoms with Gasteiger partial charge < -0.3 is 4.90 Å². The molecule has 0 spiro atoms. The van der Waals surface area contributed by atoms with E-state index >= 15 is 0 Å². The number of rotatable bonds is 2. The molecule has 1 aromatic rings. The van der Waals surface area contributed by atoms with Gasteiger partial charge in [-0.1, -0.05) is 31.7 Å². The van der Waals surface area contributed by atoms with Crippen molar-refractivity contribution in [2.24, 2.45) is 0 Å². The van der Waals surface area contributed by atoms with Crippen LogP contribution in [-0.2, 0) is 0 Å². The molecule has 1 saturated heterocycles. The molecule has 23 heavy (non-hydrogen) atoms. The fourth-order valence-electron chi connectivity index (χ4n) is 3.97. The Hall–Kier alpha value is -1.35. The summed E-state index contributed by atoms with van der Waals surface area (Å²) in [5, 5.41) is 0. The zero-order chi connectivity index (χ0) is 16.2. The number of benzene rings is 1. The maximum Gasteiger partial charge on any atom is 0.253 e. The predicted molar refractivity (Wildman–Crippen MR) is 94.9 cm³/mol. The van der Waals surface area contributed by atoms with Gasteiger partial charge in [-0.15, -0.1) is 0 Å². The highest BCUT2D eigenvalue weighted by Gasteiger charge is 2.27. The zero-order valence-corrected chi connectivity index (χ0v) is 14.7. The third-order valence-electron chi connectivity index (χ3n) is 5.70. The van der Waals surface area contributed by atoms with Crippen molar-refractivity contribution >= 4 is 5.91 Å². The van der Waals surface area contributed by atoms with Gasteiger partial charge in [-0.05, 0) is 49.9 Å². The standard InChI is InChI=1S/C20H30N2O/c1-16-9-10-18(15-17(16)2)20(23)22-13-11-21(12-14-22)19-7-5-3-4-6-8-19/h9-10,15,19H,3-8,11-14H2,1-2H3. The first-order chi connectivity index (χ1) is 11.1. The van der Waals surface area contributed by atoms with Crippen molar-refractivity contribution < 1.29 is 4.79 Å². The van der Waals surface area contributed by atoms with Gasteiger partial charge in [-0.3, -0.25) is 9.69 Å². The molecule has 1 aromatic carbocycles. The molecule has 0 atom stereocenters. The molecule has 1 heterocycles. The van der Waals surface area contributed by atoms with Crippen LogP contribution in [0.3, 0.4) is 0 Å². The molecule has 3 nitrogen and oxygen atoms in total. The van der Waals surface area contributed by atoms with Crippen LogP contribution in [0.15, 0.2) is 18.2 Å². The summed E-state index contributed by atoms with van der Waals surface area (Å²) in [6.45, 7) is 8.01. The van der Waals surface area contributed by atoms with Crippen molar-refractivity contribution in [3.05, 3.63) is 34.9 Å². The Morgan fingerprint density at radius 3 is 2.17 bits per heavy atom.